The highest BCUT2D eigenvalue weighted by Gasteiger charge is 2.33. The number of aromatic nitrogens is 2. The van der Waals surface area contributed by atoms with Crippen LogP contribution in [0.2, 0.25) is 0 Å². The van der Waals surface area contributed by atoms with Gasteiger partial charge in [-0.05, 0) is 29.7 Å². The average molecular weight is 442 g/mol. The van der Waals surface area contributed by atoms with Crippen molar-refractivity contribution in [1.82, 2.24) is 14.9 Å². The first-order chi connectivity index (χ1) is 13.5. The van der Waals surface area contributed by atoms with E-state index >= 15 is 0 Å². The Morgan fingerprint density at radius 2 is 1.82 bits per heavy atom. The number of halogens is 1. The van der Waals surface area contributed by atoms with Crippen LogP contribution in [-0.2, 0) is 17.8 Å². The molecule has 3 aromatic rings. The van der Waals surface area contributed by atoms with Crippen molar-refractivity contribution in [2.24, 2.45) is 0 Å². The van der Waals surface area contributed by atoms with E-state index < -0.39 is 18.1 Å². The Labute approximate surface area is 171 Å². The number of hydrogen-bond acceptors (Lipinski definition) is 4. The van der Waals surface area contributed by atoms with Gasteiger partial charge in [-0.15, -0.1) is 0 Å². The zero-order chi connectivity index (χ0) is 19.7. The molecule has 4 rings (SSSR count). The molecule has 2 heterocycles. The van der Waals surface area contributed by atoms with Crippen LogP contribution in [0.15, 0.2) is 59.2 Å². The molecule has 144 valence electrons. The second-order valence-corrected chi connectivity index (χ2v) is 7.76. The van der Waals surface area contributed by atoms with Crippen LogP contribution in [0.5, 0.6) is 0 Å². The van der Waals surface area contributed by atoms with Gasteiger partial charge in [-0.2, -0.15) is 0 Å². The van der Waals surface area contributed by atoms with Gasteiger partial charge < -0.3 is 20.1 Å². The molecule has 2 atom stereocenters. The number of aliphatic hydroxyl groups excluding tert-OH is 2. The minimum atomic E-state index is -1.57. The van der Waals surface area contributed by atoms with Gasteiger partial charge in [0.1, 0.15) is 11.9 Å². The number of nitrogens with zero attached hydrogens (tertiary/aromatic N) is 2. The van der Waals surface area contributed by atoms with Crippen LogP contribution < -0.4 is 0 Å². The lowest BCUT2D eigenvalue weighted by Gasteiger charge is -2.31. The van der Waals surface area contributed by atoms with Crippen molar-refractivity contribution < 1.29 is 15.0 Å². The molecule has 0 fully saturated rings. The van der Waals surface area contributed by atoms with Gasteiger partial charge in [0.05, 0.1) is 5.69 Å². The van der Waals surface area contributed by atoms with E-state index in [1.54, 1.807) is 11.1 Å². The molecule has 0 saturated heterocycles. The van der Waals surface area contributed by atoms with E-state index in [0.717, 1.165) is 22.0 Å². The second-order valence-electron chi connectivity index (χ2n) is 6.85. The van der Waals surface area contributed by atoms with E-state index in [1.165, 1.54) is 5.56 Å². The Balaban J connectivity index is 1.47. The molecular weight excluding hydrogens is 422 g/mol. The van der Waals surface area contributed by atoms with E-state index in [0.29, 0.717) is 18.8 Å². The summed E-state index contributed by atoms with van der Waals surface area (Å²) in [7, 11) is 0. The van der Waals surface area contributed by atoms with Gasteiger partial charge in [-0.1, -0.05) is 52.3 Å². The first-order valence-corrected chi connectivity index (χ1v) is 9.85. The van der Waals surface area contributed by atoms with Gasteiger partial charge in [0.25, 0.3) is 5.91 Å². The molecule has 3 N–H and O–H groups in total. The topological polar surface area (TPSA) is 89.5 Å². The van der Waals surface area contributed by atoms with Crippen molar-refractivity contribution in [3.8, 4) is 11.3 Å². The molecule has 0 spiro atoms. The Morgan fingerprint density at radius 3 is 2.57 bits per heavy atom. The maximum Gasteiger partial charge on any atom is 0.254 e. The van der Waals surface area contributed by atoms with Gasteiger partial charge in [-0.25, -0.2) is 4.98 Å². The Morgan fingerprint density at radius 1 is 1.11 bits per heavy atom. The summed E-state index contributed by atoms with van der Waals surface area (Å²) in [6.07, 6.45) is -0.613. The van der Waals surface area contributed by atoms with Crippen molar-refractivity contribution in [2.75, 3.05) is 6.54 Å². The molecular formula is C21H20BrN3O3. The molecule has 6 nitrogen and oxygen atoms in total. The van der Waals surface area contributed by atoms with Crippen LogP contribution in [0.4, 0.5) is 0 Å². The van der Waals surface area contributed by atoms with Crippen molar-refractivity contribution in [3.63, 3.8) is 0 Å². The molecule has 0 aliphatic carbocycles. The lowest BCUT2D eigenvalue weighted by atomic mass is 9.99. The summed E-state index contributed by atoms with van der Waals surface area (Å²) in [5, 5.41) is 20.9. The van der Waals surface area contributed by atoms with E-state index in [2.05, 4.69) is 32.0 Å². The molecule has 1 aromatic heterocycles. The third-order valence-electron chi connectivity index (χ3n) is 5.01. The summed E-state index contributed by atoms with van der Waals surface area (Å²) in [6, 6.07) is 15.5. The number of fused-ring (bicyclic) bond motifs is 1. The lowest BCUT2D eigenvalue weighted by Crippen LogP contribution is -2.44. The van der Waals surface area contributed by atoms with Crippen LogP contribution in [0, 0.1) is 0 Å². The fourth-order valence-corrected chi connectivity index (χ4v) is 3.68. The second kappa shape index (κ2) is 7.87. The van der Waals surface area contributed by atoms with Crippen LogP contribution >= 0.6 is 15.9 Å². The zero-order valence-corrected chi connectivity index (χ0v) is 16.6. The third kappa shape index (κ3) is 3.73. The predicted octanol–water partition coefficient (Wildman–Crippen LogP) is 2.82. The largest absolute Gasteiger partial charge is 0.382 e. The van der Waals surface area contributed by atoms with Gasteiger partial charge in [0, 0.05) is 29.3 Å². The summed E-state index contributed by atoms with van der Waals surface area (Å²) in [5.41, 5.74) is 3.78. The maximum absolute atomic E-state index is 12.7. The summed E-state index contributed by atoms with van der Waals surface area (Å²) in [5.74, 6) is -0.334. The first-order valence-electron chi connectivity index (χ1n) is 9.06. The van der Waals surface area contributed by atoms with Crippen LogP contribution in [0.25, 0.3) is 11.3 Å². The predicted molar refractivity (Wildman–Crippen MR) is 108 cm³/mol. The number of carbonyl (C=O) groups excluding carboxylic acids is 1. The molecule has 7 heteroatoms. The summed E-state index contributed by atoms with van der Waals surface area (Å²) >= 11 is 3.39. The van der Waals surface area contributed by atoms with Crippen LogP contribution in [0.3, 0.4) is 0 Å². The number of aliphatic hydroxyl groups is 2. The average Bonchev–Trinajstić information content (AvgIpc) is 3.22. The highest BCUT2D eigenvalue weighted by molar-refractivity contribution is 9.10. The summed E-state index contributed by atoms with van der Waals surface area (Å²) < 4.78 is 0.955. The molecule has 28 heavy (non-hydrogen) atoms. The number of benzene rings is 2. The van der Waals surface area contributed by atoms with E-state index in [4.69, 9.17) is 0 Å². The van der Waals surface area contributed by atoms with Crippen molar-refractivity contribution >= 4 is 21.8 Å². The van der Waals surface area contributed by atoms with Crippen LogP contribution in [-0.4, -0.2) is 43.6 Å². The Hall–Kier alpha value is -2.48. The zero-order valence-electron chi connectivity index (χ0n) is 15.0. The maximum atomic E-state index is 12.7. The molecule has 0 bridgehead atoms. The third-order valence-corrected chi connectivity index (χ3v) is 5.54. The fourth-order valence-electron chi connectivity index (χ4n) is 3.41. The number of imidazole rings is 1. The highest BCUT2D eigenvalue weighted by Crippen LogP contribution is 2.25. The monoisotopic (exact) mass is 441 g/mol. The number of hydrogen-bond donors (Lipinski definition) is 3. The molecule has 0 saturated carbocycles. The normalized spacial score (nSPS) is 15.8. The lowest BCUT2D eigenvalue weighted by molar-refractivity contribution is -0.147. The van der Waals surface area contributed by atoms with Crippen molar-refractivity contribution in [2.45, 2.75) is 25.2 Å². The van der Waals surface area contributed by atoms with Crippen molar-refractivity contribution in [3.05, 3.63) is 76.2 Å². The molecule has 2 aromatic carbocycles. The fraction of sp³-hybridized carbons (Fsp3) is 0.238. The summed E-state index contributed by atoms with van der Waals surface area (Å²) in [4.78, 5) is 21.5. The SMILES string of the molecule is O=C([C@H](O)[C@@H](O)c1nc(-c2ccc(Br)cc2)c[nH]1)N1CCc2ccccc2C1. The van der Waals surface area contributed by atoms with Crippen molar-refractivity contribution in [1.29, 1.82) is 0 Å². The minimum absolute atomic E-state index is 0.163. The van der Waals surface area contributed by atoms with Gasteiger partial charge in [0.15, 0.2) is 6.10 Å². The summed E-state index contributed by atoms with van der Waals surface area (Å²) in [6.45, 7) is 0.947. The standard InChI is InChI=1S/C21H20BrN3O3/c22-16-7-5-14(6-8-16)17-11-23-20(24-17)18(26)19(27)21(28)25-10-9-13-3-1-2-4-15(13)12-25/h1-8,11,18-19,26-27H,9-10,12H2,(H,23,24)/t18-,19-/m1/s1. The van der Waals surface area contributed by atoms with E-state index in [1.807, 2.05) is 42.5 Å². The Kier molecular flexibility index (Phi) is 5.30. The van der Waals surface area contributed by atoms with Gasteiger partial charge in [-0.3, -0.25) is 4.79 Å². The minimum Gasteiger partial charge on any atom is -0.382 e. The number of amides is 1. The molecule has 0 unspecified atom stereocenters. The van der Waals surface area contributed by atoms with E-state index in [-0.39, 0.29) is 5.82 Å². The molecule has 1 aliphatic rings. The molecule has 0 radical (unpaired) electrons. The first kappa shape index (κ1) is 18.9. The number of carbonyl (C=O) groups is 1. The van der Waals surface area contributed by atoms with Crippen LogP contribution in [0.1, 0.15) is 23.1 Å². The highest BCUT2D eigenvalue weighted by atomic mass is 79.9. The molecule has 1 amide bonds. The van der Waals surface area contributed by atoms with Gasteiger partial charge in [0.2, 0.25) is 0 Å². The Bertz CT molecular complexity index is 987. The number of aromatic amines is 1. The quantitative estimate of drug-likeness (QED) is 0.580. The number of rotatable bonds is 4. The van der Waals surface area contributed by atoms with E-state index in [9.17, 15) is 15.0 Å². The number of nitrogens with one attached hydrogen (secondary N) is 1. The molecule has 1 aliphatic heterocycles. The number of H-pyrrole nitrogens is 1. The van der Waals surface area contributed by atoms with Gasteiger partial charge >= 0.3 is 0 Å². The smallest absolute Gasteiger partial charge is 0.254 e.